The molecule has 1 aromatic heterocycles. The topological polar surface area (TPSA) is 80.9 Å². The zero-order valence-corrected chi connectivity index (χ0v) is 13.7. The molecule has 0 bridgehead atoms. The largest absolute Gasteiger partial charge is 0.368 e. The van der Waals surface area contributed by atoms with Crippen LogP contribution in [0.1, 0.15) is 36.7 Å². The van der Waals surface area contributed by atoms with E-state index < -0.39 is 5.54 Å². The molecular weight excluding hydrogens is 272 g/mol. The van der Waals surface area contributed by atoms with Crippen molar-refractivity contribution in [2.24, 2.45) is 5.73 Å². The third-order valence-corrected chi connectivity index (χ3v) is 4.69. The number of nitrogens with one attached hydrogen (secondary N) is 1. The zero-order chi connectivity index (χ0) is 15.3. The summed E-state index contributed by atoms with van der Waals surface area (Å²) in [5.74, 6) is 0.551. The molecule has 0 saturated heterocycles. The lowest BCUT2D eigenvalue weighted by molar-refractivity contribution is -0.123. The number of carbonyl (C=O) groups excluding carboxylic acids is 1. The minimum absolute atomic E-state index is 0.316. The van der Waals surface area contributed by atoms with Gasteiger partial charge in [0.25, 0.3) is 0 Å². The fraction of sp³-hybridized carbons (Fsp3) is 0.643. The van der Waals surface area contributed by atoms with Gasteiger partial charge < -0.3 is 11.1 Å². The van der Waals surface area contributed by atoms with Crippen molar-refractivity contribution in [2.75, 3.05) is 12.8 Å². The van der Waals surface area contributed by atoms with Gasteiger partial charge in [0.15, 0.2) is 5.16 Å². The Morgan fingerprint density at radius 2 is 1.85 bits per heavy atom. The van der Waals surface area contributed by atoms with E-state index in [9.17, 15) is 4.79 Å². The lowest BCUT2D eigenvalue weighted by Crippen LogP contribution is -2.51. The number of nitrogens with zero attached hydrogens (tertiary/aromatic N) is 2. The van der Waals surface area contributed by atoms with Crippen molar-refractivity contribution in [3.63, 3.8) is 0 Å². The first-order valence-electron chi connectivity index (χ1n) is 6.73. The van der Waals surface area contributed by atoms with E-state index in [0.717, 1.165) is 34.3 Å². The van der Waals surface area contributed by atoms with Crippen molar-refractivity contribution in [3.8, 4) is 0 Å². The normalized spacial score (nSPS) is 14.1. The summed E-state index contributed by atoms with van der Waals surface area (Å²) in [6, 6.07) is 0. The Labute approximate surface area is 125 Å². The molecule has 1 aromatic rings. The predicted octanol–water partition coefficient (Wildman–Crippen LogP) is 1.74. The highest BCUT2D eigenvalue weighted by atomic mass is 32.2. The number of likely N-dealkylation sites (N-methyl/N-ethyl adjacent to an activating group) is 1. The van der Waals surface area contributed by atoms with Gasteiger partial charge >= 0.3 is 0 Å². The number of amides is 1. The van der Waals surface area contributed by atoms with Gasteiger partial charge in [-0.3, -0.25) is 4.79 Å². The highest BCUT2D eigenvalue weighted by Gasteiger charge is 2.27. The molecule has 6 heteroatoms. The number of hydrogen-bond acceptors (Lipinski definition) is 5. The molecule has 1 heterocycles. The summed E-state index contributed by atoms with van der Waals surface area (Å²) in [6.07, 6.45) is 1.58. The van der Waals surface area contributed by atoms with Gasteiger partial charge in [-0.2, -0.15) is 0 Å². The summed E-state index contributed by atoms with van der Waals surface area (Å²) in [7, 11) is 1.76. The Bertz CT molecular complexity index is 469. The molecule has 5 nitrogen and oxygen atoms in total. The number of hydrogen-bond donors (Lipinski definition) is 2. The number of aryl methyl sites for hydroxylation is 2. The fourth-order valence-corrected chi connectivity index (χ4v) is 2.64. The second-order valence-corrected chi connectivity index (χ2v) is 6.26. The highest BCUT2D eigenvalue weighted by molar-refractivity contribution is 7.99. The maximum atomic E-state index is 11.4. The molecule has 1 amide bonds. The van der Waals surface area contributed by atoms with E-state index in [1.165, 1.54) is 0 Å². The molecule has 112 valence electrons. The maximum Gasteiger partial charge on any atom is 0.237 e. The first-order chi connectivity index (χ1) is 9.30. The van der Waals surface area contributed by atoms with Crippen molar-refractivity contribution >= 4 is 17.7 Å². The second-order valence-electron chi connectivity index (χ2n) is 5.20. The van der Waals surface area contributed by atoms with Crippen LogP contribution in [0.3, 0.4) is 0 Å². The highest BCUT2D eigenvalue weighted by Crippen LogP contribution is 2.20. The van der Waals surface area contributed by atoms with Crippen LogP contribution in [-0.2, 0) is 4.79 Å². The third kappa shape index (κ3) is 4.18. The SMILES string of the molecule is CNC(C)(CCCSc1nc(C)c(C)c(C)n1)C(N)=O. The fourth-order valence-electron chi connectivity index (χ4n) is 1.77. The van der Waals surface area contributed by atoms with Gasteiger partial charge in [0.05, 0.1) is 5.54 Å². The van der Waals surface area contributed by atoms with Crippen LogP contribution in [0.2, 0.25) is 0 Å². The van der Waals surface area contributed by atoms with Gasteiger partial charge in [-0.1, -0.05) is 11.8 Å². The minimum atomic E-state index is -0.638. The first-order valence-corrected chi connectivity index (χ1v) is 7.72. The molecule has 1 unspecified atom stereocenters. The maximum absolute atomic E-state index is 11.4. The Kier molecular flexibility index (Phi) is 5.95. The molecule has 1 atom stereocenters. The number of nitrogens with two attached hydrogens (primary N) is 1. The minimum Gasteiger partial charge on any atom is -0.368 e. The summed E-state index contributed by atoms with van der Waals surface area (Å²) in [5, 5.41) is 3.79. The summed E-state index contributed by atoms with van der Waals surface area (Å²) in [6.45, 7) is 7.86. The average molecular weight is 296 g/mol. The molecule has 0 aromatic carbocycles. The molecule has 0 aliphatic heterocycles. The van der Waals surface area contributed by atoms with Crippen molar-refractivity contribution < 1.29 is 4.79 Å². The molecule has 1 rings (SSSR count). The molecule has 0 radical (unpaired) electrons. The third-order valence-electron chi connectivity index (χ3n) is 3.76. The van der Waals surface area contributed by atoms with E-state index in [4.69, 9.17) is 5.73 Å². The summed E-state index contributed by atoms with van der Waals surface area (Å²) in [5.41, 5.74) is 7.95. The first kappa shape index (κ1) is 16.9. The van der Waals surface area contributed by atoms with Crippen LogP contribution in [0.25, 0.3) is 0 Å². The van der Waals surface area contributed by atoms with Gasteiger partial charge in [0.1, 0.15) is 0 Å². The van der Waals surface area contributed by atoms with E-state index in [-0.39, 0.29) is 5.91 Å². The van der Waals surface area contributed by atoms with Gasteiger partial charge in [0, 0.05) is 17.1 Å². The van der Waals surface area contributed by atoms with Crippen LogP contribution in [0.5, 0.6) is 0 Å². The zero-order valence-electron chi connectivity index (χ0n) is 12.9. The summed E-state index contributed by atoms with van der Waals surface area (Å²) in [4.78, 5) is 20.3. The van der Waals surface area contributed by atoms with Crippen LogP contribution in [0, 0.1) is 20.8 Å². The molecule has 20 heavy (non-hydrogen) atoms. The van der Waals surface area contributed by atoms with E-state index in [2.05, 4.69) is 15.3 Å². The monoisotopic (exact) mass is 296 g/mol. The van der Waals surface area contributed by atoms with Crippen LogP contribution in [0.15, 0.2) is 5.16 Å². The molecule has 0 aliphatic carbocycles. The number of carbonyl (C=O) groups is 1. The van der Waals surface area contributed by atoms with Crippen molar-refractivity contribution in [3.05, 3.63) is 17.0 Å². The van der Waals surface area contributed by atoms with Crippen molar-refractivity contribution in [2.45, 2.75) is 51.2 Å². The number of aromatic nitrogens is 2. The number of thioether (sulfide) groups is 1. The van der Waals surface area contributed by atoms with Crippen molar-refractivity contribution in [1.82, 2.24) is 15.3 Å². The lowest BCUT2D eigenvalue weighted by atomic mass is 9.96. The molecular formula is C14H24N4OS. The Hall–Kier alpha value is -1.14. The van der Waals surface area contributed by atoms with E-state index >= 15 is 0 Å². The predicted molar refractivity (Wildman–Crippen MR) is 82.9 cm³/mol. The quantitative estimate of drug-likeness (QED) is 0.455. The van der Waals surface area contributed by atoms with Gasteiger partial charge in [-0.15, -0.1) is 0 Å². The number of rotatable bonds is 7. The standard InChI is InChI=1S/C14H24N4OS/c1-9-10(2)17-13(18-11(9)3)20-8-6-7-14(4,16-5)12(15)19/h16H,6-8H2,1-5H3,(H2,15,19). The number of primary amides is 1. The molecule has 0 fully saturated rings. The molecule has 0 saturated carbocycles. The van der Waals surface area contributed by atoms with Crippen LogP contribution >= 0.6 is 11.8 Å². The molecule has 3 N–H and O–H groups in total. The van der Waals surface area contributed by atoms with E-state index in [1.54, 1.807) is 18.8 Å². The van der Waals surface area contributed by atoms with Gasteiger partial charge in [-0.05, 0) is 53.1 Å². The van der Waals surface area contributed by atoms with Crippen molar-refractivity contribution in [1.29, 1.82) is 0 Å². The lowest BCUT2D eigenvalue weighted by Gasteiger charge is -2.25. The summed E-state index contributed by atoms with van der Waals surface area (Å²) < 4.78 is 0. The van der Waals surface area contributed by atoms with E-state index in [1.807, 2.05) is 27.7 Å². The van der Waals surface area contributed by atoms with Gasteiger partial charge in [0.2, 0.25) is 5.91 Å². The second kappa shape index (κ2) is 7.04. The van der Waals surface area contributed by atoms with Crippen LogP contribution in [0.4, 0.5) is 0 Å². The Morgan fingerprint density at radius 3 is 2.30 bits per heavy atom. The van der Waals surface area contributed by atoms with Gasteiger partial charge in [-0.25, -0.2) is 9.97 Å². The Balaban J connectivity index is 2.51. The van der Waals surface area contributed by atoms with Crippen LogP contribution < -0.4 is 11.1 Å². The molecule has 0 spiro atoms. The van der Waals surface area contributed by atoms with E-state index in [0.29, 0.717) is 6.42 Å². The summed E-state index contributed by atoms with van der Waals surface area (Å²) >= 11 is 1.62. The smallest absolute Gasteiger partial charge is 0.237 e. The Morgan fingerprint density at radius 1 is 1.30 bits per heavy atom. The average Bonchev–Trinajstić information content (AvgIpc) is 2.40. The van der Waals surface area contributed by atoms with Crippen LogP contribution in [-0.4, -0.2) is 34.2 Å². The molecule has 0 aliphatic rings.